The van der Waals surface area contributed by atoms with E-state index >= 15 is 0 Å². The number of aryl methyl sites for hydroxylation is 1. The molecule has 1 atom stereocenters. The third-order valence-electron chi connectivity index (χ3n) is 6.33. The summed E-state index contributed by atoms with van der Waals surface area (Å²) in [7, 11) is 1.70. The second-order valence-corrected chi connectivity index (χ2v) is 8.81. The van der Waals surface area contributed by atoms with E-state index < -0.39 is 0 Å². The van der Waals surface area contributed by atoms with Crippen LogP contribution in [0, 0.1) is 16.0 Å². The van der Waals surface area contributed by atoms with Crippen LogP contribution in [0.3, 0.4) is 0 Å². The highest BCUT2D eigenvalue weighted by atomic mass is 16.6. The van der Waals surface area contributed by atoms with E-state index in [1.54, 1.807) is 24.1 Å². The highest BCUT2D eigenvalue weighted by Gasteiger charge is 2.26. The molecule has 0 saturated carbocycles. The number of hydrogen-bond donors (Lipinski definition) is 0. The summed E-state index contributed by atoms with van der Waals surface area (Å²) < 4.78 is 2.11. The zero-order chi connectivity index (χ0) is 22.0. The molecular weight excluding hydrogens is 396 g/mol. The van der Waals surface area contributed by atoms with Crippen LogP contribution in [-0.4, -0.2) is 50.6 Å². The number of rotatable bonds is 5. The fraction of sp³-hybridized carbons (Fsp3) is 0.591. The number of nitro groups is 1. The molecule has 2 aromatic rings. The lowest BCUT2D eigenvalue weighted by molar-refractivity contribution is -0.384. The van der Waals surface area contributed by atoms with Crippen molar-refractivity contribution in [2.75, 3.05) is 25.0 Å². The maximum absolute atomic E-state index is 13.1. The number of nitrogens with zero attached hydrogens (tertiary/aromatic N) is 6. The summed E-state index contributed by atoms with van der Waals surface area (Å²) >= 11 is 0. The largest absolute Gasteiger partial charge is 0.366 e. The molecule has 4 rings (SSSR count). The van der Waals surface area contributed by atoms with E-state index in [4.69, 9.17) is 0 Å². The summed E-state index contributed by atoms with van der Waals surface area (Å²) in [5, 5.41) is 20.3. The summed E-state index contributed by atoms with van der Waals surface area (Å²) in [5.74, 6) is 1.98. The highest BCUT2D eigenvalue weighted by molar-refractivity contribution is 5.95. The molecule has 2 aliphatic rings. The average molecular weight is 427 g/mol. The Kier molecular flexibility index (Phi) is 6.20. The van der Waals surface area contributed by atoms with Crippen molar-refractivity contribution in [2.45, 2.75) is 58.5 Å². The number of hydrogen-bond acceptors (Lipinski definition) is 6. The van der Waals surface area contributed by atoms with Crippen molar-refractivity contribution in [3.8, 4) is 0 Å². The molecule has 1 saturated heterocycles. The average Bonchev–Trinajstić information content (AvgIpc) is 2.98. The van der Waals surface area contributed by atoms with Gasteiger partial charge >= 0.3 is 0 Å². The van der Waals surface area contributed by atoms with E-state index in [-0.39, 0.29) is 16.5 Å². The second kappa shape index (κ2) is 9.03. The maximum atomic E-state index is 13.1. The van der Waals surface area contributed by atoms with Gasteiger partial charge < -0.3 is 14.4 Å². The molecule has 1 aromatic carbocycles. The molecule has 0 N–H and O–H groups in total. The van der Waals surface area contributed by atoms with Gasteiger partial charge in [0.1, 0.15) is 11.5 Å². The molecular formula is C22H30N6O3. The van der Waals surface area contributed by atoms with E-state index in [1.807, 2.05) is 0 Å². The first-order chi connectivity index (χ1) is 14.9. The Morgan fingerprint density at radius 2 is 2.06 bits per heavy atom. The number of piperidine rings is 1. The van der Waals surface area contributed by atoms with Crippen LogP contribution in [0.4, 0.5) is 11.4 Å². The Labute approximate surface area is 182 Å². The van der Waals surface area contributed by atoms with Gasteiger partial charge in [-0.25, -0.2) is 0 Å². The van der Waals surface area contributed by atoms with Gasteiger partial charge in [0.25, 0.3) is 11.6 Å². The van der Waals surface area contributed by atoms with Crippen LogP contribution in [0.15, 0.2) is 18.2 Å². The summed E-state index contributed by atoms with van der Waals surface area (Å²) in [6.45, 7) is 4.96. The topological polar surface area (TPSA) is 97.4 Å². The lowest BCUT2D eigenvalue weighted by Crippen LogP contribution is -2.34. The molecule has 9 heteroatoms. The lowest BCUT2D eigenvalue weighted by atomic mass is 9.99. The highest BCUT2D eigenvalue weighted by Crippen LogP contribution is 2.32. The van der Waals surface area contributed by atoms with Gasteiger partial charge in [-0.1, -0.05) is 13.3 Å². The van der Waals surface area contributed by atoms with Crippen LogP contribution in [0.25, 0.3) is 0 Å². The zero-order valence-corrected chi connectivity index (χ0v) is 18.3. The number of aromatic nitrogens is 3. The first kappa shape index (κ1) is 21.3. The minimum absolute atomic E-state index is 0.00954. The third-order valence-corrected chi connectivity index (χ3v) is 6.33. The van der Waals surface area contributed by atoms with Crippen molar-refractivity contribution in [1.82, 2.24) is 19.7 Å². The number of carbonyl (C=O) groups is 1. The second-order valence-electron chi connectivity index (χ2n) is 8.81. The summed E-state index contributed by atoms with van der Waals surface area (Å²) in [4.78, 5) is 28.1. The molecule has 0 aliphatic carbocycles. The van der Waals surface area contributed by atoms with E-state index in [0.717, 1.165) is 63.4 Å². The quantitative estimate of drug-likeness (QED) is 0.537. The van der Waals surface area contributed by atoms with Gasteiger partial charge in [-0.3, -0.25) is 14.9 Å². The lowest BCUT2D eigenvalue weighted by Gasteiger charge is -2.32. The number of amides is 1. The molecule has 9 nitrogen and oxygen atoms in total. The number of benzene rings is 1. The summed E-state index contributed by atoms with van der Waals surface area (Å²) in [6, 6.07) is 4.84. The van der Waals surface area contributed by atoms with Crippen molar-refractivity contribution in [1.29, 1.82) is 0 Å². The number of nitro benzene ring substituents is 1. The van der Waals surface area contributed by atoms with Crippen molar-refractivity contribution in [2.24, 2.45) is 5.92 Å². The molecule has 1 fully saturated rings. The van der Waals surface area contributed by atoms with Crippen LogP contribution < -0.4 is 4.90 Å². The minimum atomic E-state index is -0.385. The maximum Gasteiger partial charge on any atom is 0.293 e. The number of anilines is 1. The van der Waals surface area contributed by atoms with Crippen LogP contribution in [0.1, 0.15) is 61.0 Å². The predicted molar refractivity (Wildman–Crippen MR) is 117 cm³/mol. The van der Waals surface area contributed by atoms with Crippen molar-refractivity contribution >= 4 is 17.3 Å². The van der Waals surface area contributed by atoms with Gasteiger partial charge in [-0.15, -0.1) is 10.2 Å². The fourth-order valence-electron chi connectivity index (χ4n) is 4.64. The molecule has 1 aromatic heterocycles. The predicted octanol–water partition coefficient (Wildman–Crippen LogP) is 3.42. The van der Waals surface area contributed by atoms with Crippen molar-refractivity contribution in [3.63, 3.8) is 0 Å². The van der Waals surface area contributed by atoms with Gasteiger partial charge in [0.05, 0.1) is 11.5 Å². The molecule has 0 bridgehead atoms. The van der Waals surface area contributed by atoms with Gasteiger partial charge in [-0.2, -0.15) is 0 Å². The Morgan fingerprint density at radius 1 is 1.23 bits per heavy atom. The van der Waals surface area contributed by atoms with Gasteiger partial charge in [0.2, 0.25) is 0 Å². The SMILES string of the molecule is C[C@@H]1CCCN(c2ccc(C(=O)N(C)Cc3nnc4n3CCCCC4)cc2[N+](=O)[O-])C1. The molecule has 2 aliphatic heterocycles. The standard InChI is InChI=1S/C22H30N6O3/c1-16-7-6-11-26(14-16)18-10-9-17(13-19(18)28(30)31)22(29)25(2)15-21-24-23-20-8-4-3-5-12-27(20)21/h9-10,13,16H,3-8,11-12,14-15H2,1-2H3/t16-/m1/s1. The van der Waals surface area contributed by atoms with Crippen LogP contribution in [0.2, 0.25) is 0 Å². The molecule has 1 amide bonds. The summed E-state index contributed by atoms with van der Waals surface area (Å²) in [5.41, 5.74) is 0.904. The number of fused-ring (bicyclic) bond motifs is 1. The van der Waals surface area contributed by atoms with E-state index in [1.165, 1.54) is 12.5 Å². The van der Waals surface area contributed by atoms with Crippen LogP contribution in [0.5, 0.6) is 0 Å². The minimum Gasteiger partial charge on any atom is -0.366 e. The third kappa shape index (κ3) is 4.55. The van der Waals surface area contributed by atoms with Gasteiger partial charge in [-0.05, 0) is 43.7 Å². The first-order valence-electron chi connectivity index (χ1n) is 11.1. The normalized spacial score (nSPS) is 18.9. The van der Waals surface area contributed by atoms with E-state index in [2.05, 4.69) is 26.6 Å². The van der Waals surface area contributed by atoms with E-state index in [9.17, 15) is 14.9 Å². The molecule has 0 spiro atoms. The Bertz CT molecular complexity index is 972. The number of carbonyl (C=O) groups excluding carboxylic acids is 1. The first-order valence-corrected chi connectivity index (χ1v) is 11.1. The van der Waals surface area contributed by atoms with Crippen molar-refractivity contribution < 1.29 is 9.72 Å². The van der Waals surface area contributed by atoms with Crippen LogP contribution in [-0.2, 0) is 19.5 Å². The fourth-order valence-corrected chi connectivity index (χ4v) is 4.64. The summed E-state index contributed by atoms with van der Waals surface area (Å²) in [6.07, 6.45) is 6.43. The molecule has 0 radical (unpaired) electrons. The Hall–Kier alpha value is -2.97. The molecule has 31 heavy (non-hydrogen) atoms. The van der Waals surface area contributed by atoms with Crippen molar-refractivity contribution in [3.05, 3.63) is 45.5 Å². The van der Waals surface area contributed by atoms with Crippen LogP contribution >= 0.6 is 0 Å². The van der Waals surface area contributed by atoms with Gasteiger partial charge in [0, 0.05) is 44.7 Å². The smallest absolute Gasteiger partial charge is 0.293 e. The molecule has 166 valence electrons. The zero-order valence-electron chi connectivity index (χ0n) is 18.3. The Balaban J connectivity index is 1.53. The van der Waals surface area contributed by atoms with E-state index in [0.29, 0.717) is 23.7 Å². The van der Waals surface area contributed by atoms with Gasteiger partial charge in [0.15, 0.2) is 5.82 Å². The molecule has 3 heterocycles. The molecule has 0 unspecified atom stereocenters. The Morgan fingerprint density at radius 3 is 2.84 bits per heavy atom. The monoisotopic (exact) mass is 426 g/mol.